The number of hydrogen-bond acceptors (Lipinski definition) is 5. The summed E-state index contributed by atoms with van der Waals surface area (Å²) < 4.78 is 12.0. The molecule has 2 bridgehead atoms. The van der Waals surface area contributed by atoms with Crippen molar-refractivity contribution in [2.75, 3.05) is 31.6 Å². The van der Waals surface area contributed by atoms with Crippen LogP contribution < -0.4 is 9.64 Å². The molecule has 6 heteroatoms. The molecule has 4 aliphatic heterocycles. The van der Waals surface area contributed by atoms with E-state index in [4.69, 9.17) is 9.47 Å². The highest BCUT2D eigenvalue weighted by Gasteiger charge is 2.45. The van der Waals surface area contributed by atoms with Gasteiger partial charge >= 0.3 is 6.09 Å². The Labute approximate surface area is 206 Å². The largest absolute Gasteiger partial charge is 0.497 e. The minimum absolute atomic E-state index is 0.162. The van der Waals surface area contributed by atoms with Crippen molar-refractivity contribution in [1.29, 1.82) is 0 Å². The zero-order chi connectivity index (χ0) is 23.9. The number of anilines is 1. The first kappa shape index (κ1) is 22.4. The van der Waals surface area contributed by atoms with Gasteiger partial charge in [-0.25, -0.2) is 4.79 Å². The molecule has 5 atom stereocenters. The molecule has 1 unspecified atom stereocenters. The lowest BCUT2D eigenvalue weighted by molar-refractivity contribution is -0.0593. The second kappa shape index (κ2) is 9.15. The first-order chi connectivity index (χ1) is 17.2. The van der Waals surface area contributed by atoms with Crippen molar-refractivity contribution in [2.24, 2.45) is 11.8 Å². The molecule has 0 saturated carbocycles. The molecule has 7 rings (SSSR count). The Morgan fingerprint density at radius 2 is 2.06 bits per heavy atom. The van der Waals surface area contributed by atoms with Gasteiger partial charge in [0.1, 0.15) is 11.9 Å². The summed E-state index contributed by atoms with van der Waals surface area (Å²) in [7, 11) is 1.68. The maximum Gasteiger partial charge on any atom is 0.414 e. The van der Waals surface area contributed by atoms with Gasteiger partial charge in [0.15, 0.2) is 0 Å². The maximum absolute atomic E-state index is 13.7. The van der Waals surface area contributed by atoms with Crippen LogP contribution >= 0.6 is 0 Å². The molecule has 1 amide bonds. The van der Waals surface area contributed by atoms with Crippen molar-refractivity contribution in [3.63, 3.8) is 0 Å². The van der Waals surface area contributed by atoms with Crippen LogP contribution in [0.1, 0.15) is 43.4 Å². The van der Waals surface area contributed by atoms with Crippen LogP contribution in [0.5, 0.6) is 5.75 Å². The van der Waals surface area contributed by atoms with Crippen molar-refractivity contribution in [2.45, 2.75) is 44.8 Å². The van der Waals surface area contributed by atoms with Gasteiger partial charge in [-0.3, -0.25) is 14.8 Å². The summed E-state index contributed by atoms with van der Waals surface area (Å²) in [6.07, 6.45) is 5.57. The van der Waals surface area contributed by atoms with Gasteiger partial charge in [-0.2, -0.15) is 0 Å². The molecule has 1 aromatic heterocycles. The Bertz CT molecular complexity index is 1240. The topological polar surface area (TPSA) is 54.9 Å². The third-order valence-electron chi connectivity index (χ3n) is 8.43. The number of rotatable bonds is 5. The lowest BCUT2D eigenvalue weighted by Gasteiger charge is -2.51. The number of para-hydroxylation sites is 1. The SMILES string of the molecule is CC[C@H]1CN2CC[C@H]1C[C@@H]2[C@H](OC(=O)N1CCc2ccccc21)c1ccnc2ccc(OC)cc12. The third kappa shape index (κ3) is 3.94. The highest BCUT2D eigenvalue weighted by Crippen LogP contribution is 2.44. The average molecular weight is 472 g/mol. The van der Waals surface area contributed by atoms with Crippen LogP contribution in [0.3, 0.4) is 0 Å². The van der Waals surface area contributed by atoms with Crippen molar-refractivity contribution < 1.29 is 14.3 Å². The Balaban J connectivity index is 1.39. The molecule has 4 aliphatic rings. The van der Waals surface area contributed by atoms with Gasteiger partial charge < -0.3 is 9.47 Å². The fourth-order valence-electron chi connectivity index (χ4n) is 6.53. The molecule has 2 aromatic carbocycles. The van der Waals surface area contributed by atoms with Crippen LogP contribution in [0.15, 0.2) is 54.7 Å². The molecule has 182 valence electrons. The standard InChI is InChI=1S/C29H33N3O3/c1-3-19-18-31-14-11-21(19)16-27(31)28(23-10-13-30-25-9-8-22(34-2)17-24(23)25)35-29(33)32-15-12-20-6-4-5-7-26(20)32/h4-10,13,17,19,21,27-28H,3,11-12,14-16,18H2,1-2H3/t19-,21-,27+,28+/m0/s1. The zero-order valence-electron chi connectivity index (χ0n) is 20.5. The number of piperidine rings is 3. The van der Waals surface area contributed by atoms with E-state index in [1.54, 1.807) is 12.0 Å². The summed E-state index contributed by atoms with van der Waals surface area (Å²) in [5.41, 5.74) is 4.07. The first-order valence-corrected chi connectivity index (χ1v) is 12.9. The van der Waals surface area contributed by atoms with E-state index in [2.05, 4.69) is 22.9 Å². The van der Waals surface area contributed by atoms with Crippen molar-refractivity contribution in [1.82, 2.24) is 9.88 Å². The van der Waals surface area contributed by atoms with E-state index < -0.39 is 0 Å². The summed E-state index contributed by atoms with van der Waals surface area (Å²) in [4.78, 5) is 22.6. The highest BCUT2D eigenvalue weighted by molar-refractivity contribution is 5.91. The number of hydrogen-bond donors (Lipinski definition) is 0. The normalized spacial score (nSPS) is 25.9. The van der Waals surface area contributed by atoms with Crippen molar-refractivity contribution >= 4 is 22.7 Å². The van der Waals surface area contributed by atoms with Gasteiger partial charge in [0.05, 0.1) is 24.4 Å². The lowest BCUT2D eigenvalue weighted by Crippen LogP contribution is -2.56. The quantitative estimate of drug-likeness (QED) is 0.485. The predicted octanol–water partition coefficient (Wildman–Crippen LogP) is 5.60. The second-order valence-electron chi connectivity index (χ2n) is 10.1. The van der Waals surface area contributed by atoms with Crippen molar-refractivity contribution in [3.8, 4) is 5.75 Å². The van der Waals surface area contributed by atoms with Crippen LogP contribution in [0.25, 0.3) is 10.9 Å². The molecular weight excluding hydrogens is 438 g/mol. The van der Waals surface area contributed by atoms with Crippen LogP contribution in [0.2, 0.25) is 0 Å². The molecule has 3 saturated heterocycles. The van der Waals surface area contributed by atoms with E-state index in [0.717, 1.165) is 59.8 Å². The number of amides is 1. The molecule has 3 fully saturated rings. The number of aromatic nitrogens is 1. The third-order valence-corrected chi connectivity index (χ3v) is 8.43. The molecule has 0 N–H and O–H groups in total. The number of fused-ring (bicyclic) bond motifs is 5. The van der Waals surface area contributed by atoms with E-state index >= 15 is 0 Å². The van der Waals surface area contributed by atoms with Gasteiger partial charge in [0, 0.05) is 30.2 Å². The summed E-state index contributed by atoms with van der Waals surface area (Å²) in [6.45, 7) is 5.11. The number of nitrogens with zero attached hydrogens (tertiary/aromatic N) is 3. The molecular formula is C29H33N3O3. The molecule has 0 radical (unpaired) electrons. The highest BCUT2D eigenvalue weighted by atomic mass is 16.6. The smallest absolute Gasteiger partial charge is 0.414 e. The monoisotopic (exact) mass is 471 g/mol. The number of pyridine rings is 1. The van der Waals surface area contributed by atoms with E-state index in [1.165, 1.54) is 18.4 Å². The number of methoxy groups -OCH3 is 1. The lowest BCUT2D eigenvalue weighted by atomic mass is 9.72. The van der Waals surface area contributed by atoms with Crippen LogP contribution in [-0.4, -0.2) is 48.8 Å². The number of carbonyl (C=O) groups excluding carboxylic acids is 1. The van der Waals surface area contributed by atoms with Gasteiger partial charge in [-0.15, -0.1) is 0 Å². The minimum Gasteiger partial charge on any atom is -0.497 e. The molecule has 6 nitrogen and oxygen atoms in total. The summed E-state index contributed by atoms with van der Waals surface area (Å²) in [6, 6.07) is 16.3. The second-order valence-corrected chi connectivity index (χ2v) is 10.1. The summed E-state index contributed by atoms with van der Waals surface area (Å²) in [5.74, 6) is 2.20. The molecule has 3 aromatic rings. The Morgan fingerprint density at radius 1 is 1.17 bits per heavy atom. The van der Waals surface area contributed by atoms with Gasteiger partial charge in [-0.1, -0.05) is 31.5 Å². The summed E-state index contributed by atoms with van der Waals surface area (Å²) >= 11 is 0. The fourth-order valence-corrected chi connectivity index (χ4v) is 6.53. The molecule has 0 aliphatic carbocycles. The fraction of sp³-hybridized carbons (Fsp3) is 0.448. The van der Waals surface area contributed by atoms with E-state index in [-0.39, 0.29) is 18.2 Å². The van der Waals surface area contributed by atoms with Crippen LogP contribution in [-0.2, 0) is 11.2 Å². The number of carbonyl (C=O) groups is 1. The first-order valence-electron chi connectivity index (χ1n) is 12.9. The van der Waals surface area contributed by atoms with Crippen molar-refractivity contribution in [3.05, 3.63) is 65.9 Å². The molecule has 0 spiro atoms. The van der Waals surface area contributed by atoms with Gasteiger partial charge in [0.25, 0.3) is 0 Å². The molecule has 35 heavy (non-hydrogen) atoms. The van der Waals surface area contributed by atoms with Crippen LogP contribution in [0.4, 0.5) is 10.5 Å². The van der Waals surface area contributed by atoms with Crippen LogP contribution in [0, 0.1) is 11.8 Å². The maximum atomic E-state index is 13.7. The van der Waals surface area contributed by atoms with Gasteiger partial charge in [0.2, 0.25) is 0 Å². The summed E-state index contributed by atoms with van der Waals surface area (Å²) in [5, 5.41) is 0.987. The zero-order valence-corrected chi connectivity index (χ0v) is 20.5. The Hall–Kier alpha value is -3.12. The predicted molar refractivity (Wildman–Crippen MR) is 137 cm³/mol. The van der Waals surface area contributed by atoms with E-state index in [1.807, 2.05) is 48.7 Å². The number of ether oxygens (including phenoxy) is 2. The minimum atomic E-state index is -0.367. The van der Waals surface area contributed by atoms with E-state index in [9.17, 15) is 4.79 Å². The Morgan fingerprint density at radius 3 is 2.86 bits per heavy atom. The Kier molecular flexibility index (Phi) is 5.85. The van der Waals surface area contributed by atoms with Gasteiger partial charge in [-0.05, 0) is 73.5 Å². The number of benzene rings is 2. The average Bonchev–Trinajstić information content (AvgIpc) is 3.35. The molecule has 5 heterocycles. The van der Waals surface area contributed by atoms with E-state index in [0.29, 0.717) is 12.5 Å².